The lowest BCUT2D eigenvalue weighted by molar-refractivity contribution is -0.119. The first-order chi connectivity index (χ1) is 9.04. The van der Waals surface area contributed by atoms with Crippen molar-refractivity contribution in [3.05, 3.63) is 29.8 Å². The molecule has 1 aromatic rings. The topological polar surface area (TPSA) is 75.3 Å². The second-order valence-corrected chi connectivity index (χ2v) is 6.88. The van der Waals surface area contributed by atoms with Gasteiger partial charge in [0.15, 0.2) is 0 Å². The van der Waals surface area contributed by atoms with Gasteiger partial charge < -0.3 is 5.32 Å². The third-order valence-corrected chi connectivity index (χ3v) is 5.07. The molecular formula is C13H16N2O3S. The van der Waals surface area contributed by atoms with E-state index in [9.17, 15) is 13.2 Å². The van der Waals surface area contributed by atoms with Gasteiger partial charge in [0.25, 0.3) is 0 Å². The van der Waals surface area contributed by atoms with E-state index in [0.29, 0.717) is 17.9 Å². The highest BCUT2D eigenvalue weighted by atomic mass is 32.2. The minimum absolute atomic E-state index is 0.0529. The fourth-order valence-corrected chi connectivity index (χ4v) is 3.55. The third kappa shape index (κ3) is 2.79. The molecule has 5 nitrogen and oxygen atoms in total. The average Bonchev–Trinajstić information content (AvgIpc) is 3.07. The van der Waals surface area contributed by atoms with Crippen LogP contribution in [0.15, 0.2) is 29.2 Å². The zero-order valence-corrected chi connectivity index (χ0v) is 11.2. The van der Waals surface area contributed by atoms with Gasteiger partial charge >= 0.3 is 0 Å². The molecule has 19 heavy (non-hydrogen) atoms. The summed E-state index contributed by atoms with van der Waals surface area (Å²) in [7, 11) is -3.38. The Hall–Kier alpha value is -1.40. The van der Waals surface area contributed by atoms with Crippen LogP contribution in [-0.2, 0) is 14.8 Å². The van der Waals surface area contributed by atoms with Crippen LogP contribution in [0.1, 0.15) is 30.7 Å². The molecule has 1 aliphatic carbocycles. The summed E-state index contributed by atoms with van der Waals surface area (Å²) in [4.78, 5) is 11.5. The molecule has 0 spiro atoms. The molecule has 1 atom stereocenters. The van der Waals surface area contributed by atoms with E-state index in [1.807, 2.05) is 0 Å². The monoisotopic (exact) mass is 280 g/mol. The van der Waals surface area contributed by atoms with Crippen molar-refractivity contribution in [3.8, 4) is 0 Å². The lowest BCUT2D eigenvalue weighted by Crippen LogP contribution is -2.25. The Bertz CT molecular complexity index is 591. The van der Waals surface area contributed by atoms with Crippen LogP contribution in [0.25, 0.3) is 0 Å². The van der Waals surface area contributed by atoms with Crippen LogP contribution in [0.5, 0.6) is 0 Å². The van der Waals surface area contributed by atoms with E-state index in [1.54, 1.807) is 24.3 Å². The molecule has 2 fully saturated rings. The minimum Gasteiger partial charge on any atom is -0.355 e. The predicted octanol–water partition coefficient (Wildman–Crippen LogP) is 0.731. The lowest BCUT2D eigenvalue weighted by atomic mass is 9.99. The van der Waals surface area contributed by atoms with Gasteiger partial charge in [0, 0.05) is 24.9 Å². The molecule has 1 amide bonds. The molecule has 1 heterocycles. The number of sulfonamides is 1. The van der Waals surface area contributed by atoms with Crippen LogP contribution in [0.2, 0.25) is 0 Å². The zero-order chi connectivity index (χ0) is 13.5. The van der Waals surface area contributed by atoms with Crippen molar-refractivity contribution in [1.82, 2.24) is 10.0 Å². The summed E-state index contributed by atoms with van der Waals surface area (Å²) in [6, 6.07) is 6.94. The van der Waals surface area contributed by atoms with Crippen molar-refractivity contribution < 1.29 is 13.2 Å². The van der Waals surface area contributed by atoms with E-state index in [-0.39, 0.29) is 17.9 Å². The van der Waals surface area contributed by atoms with Crippen molar-refractivity contribution in [3.63, 3.8) is 0 Å². The Morgan fingerprint density at radius 3 is 2.37 bits per heavy atom. The highest BCUT2D eigenvalue weighted by Crippen LogP contribution is 2.25. The van der Waals surface area contributed by atoms with Crippen LogP contribution in [0.4, 0.5) is 0 Å². The molecule has 1 aliphatic heterocycles. The molecule has 2 aliphatic rings. The summed E-state index contributed by atoms with van der Waals surface area (Å²) >= 11 is 0. The molecule has 0 radical (unpaired) electrons. The molecule has 1 saturated carbocycles. The number of amides is 1. The first-order valence-corrected chi connectivity index (χ1v) is 7.92. The van der Waals surface area contributed by atoms with Crippen molar-refractivity contribution in [1.29, 1.82) is 0 Å². The van der Waals surface area contributed by atoms with Gasteiger partial charge in [0.05, 0.1) is 4.90 Å². The van der Waals surface area contributed by atoms with Crippen LogP contribution >= 0.6 is 0 Å². The second-order valence-electron chi connectivity index (χ2n) is 5.17. The number of carbonyl (C=O) groups excluding carboxylic acids is 1. The van der Waals surface area contributed by atoms with Crippen LogP contribution in [0.3, 0.4) is 0 Å². The highest BCUT2D eigenvalue weighted by Gasteiger charge is 2.28. The molecule has 102 valence electrons. The highest BCUT2D eigenvalue weighted by molar-refractivity contribution is 7.89. The van der Waals surface area contributed by atoms with E-state index in [1.165, 1.54) is 0 Å². The van der Waals surface area contributed by atoms with Gasteiger partial charge in [-0.15, -0.1) is 0 Å². The Balaban J connectivity index is 1.76. The summed E-state index contributed by atoms with van der Waals surface area (Å²) in [6.45, 7) is 0.630. The Morgan fingerprint density at radius 1 is 1.16 bits per heavy atom. The molecule has 3 rings (SSSR count). The van der Waals surface area contributed by atoms with E-state index in [4.69, 9.17) is 0 Å². The van der Waals surface area contributed by atoms with Crippen molar-refractivity contribution >= 4 is 15.9 Å². The van der Waals surface area contributed by atoms with Gasteiger partial charge in [-0.25, -0.2) is 13.1 Å². The summed E-state index contributed by atoms with van der Waals surface area (Å²) in [6.07, 6.45) is 2.33. The summed E-state index contributed by atoms with van der Waals surface area (Å²) in [5, 5.41) is 2.78. The Labute approximate surface area is 112 Å². The molecule has 1 saturated heterocycles. The molecule has 0 unspecified atom stereocenters. The van der Waals surface area contributed by atoms with Gasteiger partial charge in [-0.1, -0.05) is 12.1 Å². The maximum Gasteiger partial charge on any atom is 0.240 e. The maximum absolute atomic E-state index is 12.0. The molecule has 2 N–H and O–H groups in total. The van der Waals surface area contributed by atoms with Gasteiger partial charge in [0.1, 0.15) is 0 Å². The van der Waals surface area contributed by atoms with Crippen molar-refractivity contribution in [2.24, 2.45) is 0 Å². The van der Waals surface area contributed by atoms with Gasteiger partial charge in [-0.2, -0.15) is 0 Å². The Morgan fingerprint density at radius 2 is 1.84 bits per heavy atom. The number of hydrogen-bond donors (Lipinski definition) is 2. The van der Waals surface area contributed by atoms with Gasteiger partial charge in [-0.3, -0.25) is 4.79 Å². The van der Waals surface area contributed by atoms with E-state index in [2.05, 4.69) is 10.0 Å². The first-order valence-electron chi connectivity index (χ1n) is 6.43. The fourth-order valence-electron chi connectivity index (χ4n) is 2.25. The number of benzene rings is 1. The largest absolute Gasteiger partial charge is 0.355 e. The van der Waals surface area contributed by atoms with E-state index in [0.717, 1.165) is 18.4 Å². The van der Waals surface area contributed by atoms with Gasteiger partial charge in [0.2, 0.25) is 15.9 Å². The third-order valence-electron chi connectivity index (χ3n) is 3.54. The number of nitrogens with one attached hydrogen (secondary N) is 2. The minimum atomic E-state index is -3.38. The van der Waals surface area contributed by atoms with E-state index >= 15 is 0 Å². The van der Waals surface area contributed by atoms with E-state index < -0.39 is 10.0 Å². The summed E-state index contributed by atoms with van der Waals surface area (Å²) in [5.41, 5.74) is 1.00. The second kappa shape index (κ2) is 4.61. The van der Waals surface area contributed by atoms with Gasteiger partial charge in [-0.05, 0) is 30.5 Å². The number of hydrogen-bond acceptors (Lipinski definition) is 3. The average molecular weight is 280 g/mol. The normalized spacial score (nSPS) is 23.4. The van der Waals surface area contributed by atoms with Crippen LogP contribution < -0.4 is 10.0 Å². The number of carbonyl (C=O) groups is 1. The molecule has 0 aromatic heterocycles. The zero-order valence-electron chi connectivity index (χ0n) is 10.4. The number of rotatable bonds is 4. The van der Waals surface area contributed by atoms with Crippen molar-refractivity contribution in [2.45, 2.75) is 36.1 Å². The van der Waals surface area contributed by atoms with Crippen LogP contribution in [-0.4, -0.2) is 26.9 Å². The SMILES string of the molecule is O=C1C[C@H](c2ccc(S(=O)(=O)NC3CC3)cc2)CN1. The molecular weight excluding hydrogens is 264 g/mol. The maximum atomic E-state index is 12.0. The summed E-state index contributed by atoms with van der Waals surface area (Å²) in [5.74, 6) is 0.206. The fraction of sp³-hybridized carbons (Fsp3) is 0.462. The van der Waals surface area contributed by atoms with Crippen LogP contribution in [0, 0.1) is 0 Å². The first kappa shape index (κ1) is 12.6. The molecule has 0 bridgehead atoms. The molecule has 1 aromatic carbocycles. The smallest absolute Gasteiger partial charge is 0.240 e. The van der Waals surface area contributed by atoms with Crippen molar-refractivity contribution in [2.75, 3.05) is 6.54 Å². The summed E-state index contributed by atoms with van der Waals surface area (Å²) < 4.78 is 26.6. The lowest BCUT2D eigenvalue weighted by Gasteiger charge is -2.09. The quantitative estimate of drug-likeness (QED) is 0.854. The Kier molecular flexibility index (Phi) is 3.06. The predicted molar refractivity (Wildman–Crippen MR) is 70.2 cm³/mol. The standard InChI is InChI=1S/C13H16N2O3S/c16-13-7-10(8-14-13)9-1-5-12(6-2-9)19(17,18)15-11-3-4-11/h1-2,5-6,10-11,15H,3-4,7-8H2,(H,14,16)/t10-/m0/s1. The molecule has 6 heteroatoms.